The van der Waals surface area contributed by atoms with Crippen LogP contribution in [0.3, 0.4) is 0 Å². The molecule has 0 saturated heterocycles. The third-order valence-corrected chi connectivity index (χ3v) is 7.06. The molecule has 0 N–H and O–H groups in total. The van der Waals surface area contributed by atoms with Crippen molar-refractivity contribution in [3.63, 3.8) is 0 Å². The summed E-state index contributed by atoms with van der Waals surface area (Å²) in [6.07, 6.45) is 2.20. The van der Waals surface area contributed by atoms with Crippen LogP contribution in [-0.2, 0) is 19.1 Å². The van der Waals surface area contributed by atoms with E-state index in [1.165, 1.54) is 13.8 Å². The predicted octanol–water partition coefficient (Wildman–Crippen LogP) is 9.81. The average Bonchev–Trinajstić information content (AvgIpc) is 3.05. The summed E-state index contributed by atoms with van der Waals surface area (Å²) in [5.41, 5.74) is 8.59. The lowest BCUT2D eigenvalue weighted by atomic mass is 9.95. The number of rotatable bonds is 10. The predicted molar refractivity (Wildman–Crippen MR) is 183 cm³/mol. The first-order valence-electron chi connectivity index (χ1n) is 14.5. The maximum atomic E-state index is 11.4. The molecule has 0 saturated carbocycles. The third-order valence-electron chi connectivity index (χ3n) is 7.06. The molecule has 0 aromatic heterocycles. The second kappa shape index (κ2) is 14.0. The van der Waals surface area contributed by atoms with Crippen molar-refractivity contribution in [2.24, 2.45) is 0 Å². The number of esters is 2. The van der Waals surface area contributed by atoms with Crippen molar-refractivity contribution < 1.29 is 19.1 Å². The fourth-order valence-electron chi connectivity index (χ4n) is 4.96. The standard InChI is InChI=1S/C40H33NO4/c1-28(44-30(3)42)33-17-23-38(24-18-33)41(39-25-19-34(20-26-39)29(2)45-31(4)43)37-21-15-32(16-22-37)27-40(35-11-7-5-8-12-35)36-13-9-6-10-14-36/h5-27H,1-2H2,3-4H3. The van der Waals surface area contributed by atoms with E-state index < -0.39 is 11.9 Å². The fourth-order valence-corrected chi connectivity index (χ4v) is 4.96. The van der Waals surface area contributed by atoms with Crippen LogP contribution < -0.4 is 4.90 Å². The van der Waals surface area contributed by atoms with Crippen LogP contribution in [0.25, 0.3) is 23.2 Å². The summed E-state index contributed by atoms with van der Waals surface area (Å²) in [5.74, 6) is -0.258. The van der Waals surface area contributed by atoms with Gasteiger partial charge in [-0.15, -0.1) is 0 Å². The normalized spacial score (nSPS) is 10.4. The summed E-state index contributed by atoms with van der Waals surface area (Å²) in [6.45, 7) is 10.4. The molecule has 45 heavy (non-hydrogen) atoms. The van der Waals surface area contributed by atoms with Crippen LogP contribution in [0, 0.1) is 0 Å². The summed E-state index contributed by atoms with van der Waals surface area (Å²) < 4.78 is 10.4. The van der Waals surface area contributed by atoms with E-state index in [-0.39, 0.29) is 11.5 Å². The van der Waals surface area contributed by atoms with Gasteiger partial charge in [-0.1, -0.05) is 86.0 Å². The molecule has 222 valence electrons. The molecule has 0 radical (unpaired) electrons. The highest BCUT2D eigenvalue weighted by atomic mass is 16.5. The average molecular weight is 592 g/mol. The van der Waals surface area contributed by atoms with Gasteiger partial charge in [-0.2, -0.15) is 0 Å². The van der Waals surface area contributed by atoms with Crippen molar-refractivity contribution in [1.82, 2.24) is 0 Å². The second-order valence-electron chi connectivity index (χ2n) is 10.3. The van der Waals surface area contributed by atoms with E-state index in [0.29, 0.717) is 11.1 Å². The zero-order chi connectivity index (χ0) is 31.8. The molecule has 0 aliphatic heterocycles. The third kappa shape index (κ3) is 7.72. The van der Waals surface area contributed by atoms with Crippen LogP contribution >= 0.6 is 0 Å². The lowest BCUT2D eigenvalue weighted by Gasteiger charge is -2.26. The maximum Gasteiger partial charge on any atom is 0.308 e. The molecule has 5 heteroatoms. The molecular weight excluding hydrogens is 558 g/mol. The van der Waals surface area contributed by atoms with Gasteiger partial charge in [-0.05, 0) is 89.0 Å². The highest BCUT2D eigenvalue weighted by Gasteiger charge is 2.15. The van der Waals surface area contributed by atoms with Gasteiger partial charge in [0, 0.05) is 42.0 Å². The Bertz CT molecular complexity index is 1730. The molecule has 5 aromatic carbocycles. The van der Waals surface area contributed by atoms with Crippen LogP contribution in [-0.4, -0.2) is 11.9 Å². The minimum atomic E-state index is -0.419. The topological polar surface area (TPSA) is 55.8 Å². The molecule has 5 rings (SSSR count). The van der Waals surface area contributed by atoms with Crippen LogP contribution in [0.4, 0.5) is 17.1 Å². The van der Waals surface area contributed by atoms with Gasteiger partial charge in [0.25, 0.3) is 0 Å². The van der Waals surface area contributed by atoms with Gasteiger partial charge < -0.3 is 14.4 Å². The molecule has 5 nitrogen and oxygen atoms in total. The molecule has 0 atom stereocenters. The number of benzene rings is 5. The smallest absolute Gasteiger partial charge is 0.308 e. The fraction of sp³-hybridized carbons (Fsp3) is 0.0500. The second-order valence-corrected chi connectivity index (χ2v) is 10.3. The first-order chi connectivity index (χ1) is 21.8. The Morgan fingerprint density at radius 1 is 0.511 bits per heavy atom. The molecule has 5 aromatic rings. The SMILES string of the molecule is C=C(OC(C)=O)c1ccc(N(c2ccc(C=C(c3ccccc3)c3ccccc3)cc2)c2ccc(C(=C)OC(C)=O)cc2)cc1. The lowest BCUT2D eigenvalue weighted by molar-refractivity contribution is -0.135. The molecule has 0 aliphatic rings. The van der Waals surface area contributed by atoms with Crippen molar-refractivity contribution in [3.05, 3.63) is 174 Å². The van der Waals surface area contributed by atoms with Crippen LogP contribution in [0.2, 0.25) is 0 Å². The maximum absolute atomic E-state index is 11.4. The zero-order valence-corrected chi connectivity index (χ0v) is 25.3. The summed E-state index contributed by atoms with van der Waals surface area (Å²) in [7, 11) is 0. The van der Waals surface area contributed by atoms with Gasteiger partial charge in [0.2, 0.25) is 0 Å². The van der Waals surface area contributed by atoms with Gasteiger partial charge in [-0.3, -0.25) is 9.59 Å². The van der Waals surface area contributed by atoms with Crippen molar-refractivity contribution in [1.29, 1.82) is 0 Å². The summed E-state index contributed by atoms with van der Waals surface area (Å²) >= 11 is 0. The molecule has 0 amide bonds. The molecule has 0 aliphatic carbocycles. The van der Waals surface area contributed by atoms with E-state index in [9.17, 15) is 9.59 Å². The van der Waals surface area contributed by atoms with E-state index in [4.69, 9.17) is 9.47 Å². The highest BCUT2D eigenvalue weighted by molar-refractivity contribution is 5.92. The zero-order valence-electron chi connectivity index (χ0n) is 25.3. The van der Waals surface area contributed by atoms with E-state index >= 15 is 0 Å². The molecule has 0 fully saturated rings. The number of carbonyl (C=O) groups excluding carboxylic acids is 2. The van der Waals surface area contributed by atoms with Crippen molar-refractivity contribution >= 4 is 52.2 Å². The highest BCUT2D eigenvalue weighted by Crippen LogP contribution is 2.36. The van der Waals surface area contributed by atoms with Gasteiger partial charge in [0.05, 0.1) is 0 Å². The van der Waals surface area contributed by atoms with Gasteiger partial charge in [0.15, 0.2) is 0 Å². The van der Waals surface area contributed by atoms with Crippen LogP contribution in [0.15, 0.2) is 147 Å². The quantitative estimate of drug-likeness (QED) is 0.0919. The molecule has 0 bridgehead atoms. The number of anilines is 3. The lowest BCUT2D eigenvalue weighted by Crippen LogP contribution is -2.10. The van der Waals surface area contributed by atoms with Gasteiger partial charge in [0.1, 0.15) is 11.5 Å². The van der Waals surface area contributed by atoms with E-state index in [1.807, 2.05) is 84.9 Å². The van der Waals surface area contributed by atoms with Crippen molar-refractivity contribution in [3.8, 4) is 0 Å². The number of ether oxygens (including phenoxy) is 2. The number of hydrogen-bond donors (Lipinski definition) is 0. The summed E-state index contributed by atoms with van der Waals surface area (Å²) in [6, 6.07) is 44.4. The van der Waals surface area contributed by atoms with Crippen LogP contribution in [0.5, 0.6) is 0 Å². The van der Waals surface area contributed by atoms with Gasteiger partial charge >= 0.3 is 11.9 Å². The number of nitrogens with zero attached hydrogens (tertiary/aromatic N) is 1. The summed E-state index contributed by atoms with van der Waals surface area (Å²) in [4.78, 5) is 25.0. The minimum Gasteiger partial charge on any atom is -0.427 e. The Kier molecular flexibility index (Phi) is 9.51. The largest absolute Gasteiger partial charge is 0.427 e. The molecule has 0 spiro atoms. The molecule has 0 unspecified atom stereocenters. The molecular formula is C40H33NO4. The summed E-state index contributed by atoms with van der Waals surface area (Å²) in [5, 5.41) is 0. The van der Waals surface area contributed by atoms with E-state index in [0.717, 1.165) is 39.3 Å². The first-order valence-corrected chi connectivity index (χ1v) is 14.5. The Hall–Kier alpha value is -5.94. The molecule has 0 heterocycles. The van der Waals surface area contributed by atoms with Crippen LogP contribution in [0.1, 0.15) is 41.7 Å². The number of hydrogen-bond acceptors (Lipinski definition) is 5. The Morgan fingerprint density at radius 3 is 1.22 bits per heavy atom. The Labute approximate surface area is 264 Å². The monoisotopic (exact) mass is 591 g/mol. The minimum absolute atomic E-state index is 0.290. The van der Waals surface area contributed by atoms with E-state index in [1.54, 1.807) is 0 Å². The first kappa shape index (κ1) is 30.5. The van der Waals surface area contributed by atoms with E-state index in [2.05, 4.69) is 72.7 Å². The van der Waals surface area contributed by atoms with Crippen molar-refractivity contribution in [2.75, 3.05) is 4.90 Å². The number of carbonyl (C=O) groups is 2. The Balaban J connectivity index is 1.52. The van der Waals surface area contributed by atoms with Gasteiger partial charge in [-0.25, -0.2) is 0 Å². The Morgan fingerprint density at radius 2 is 0.867 bits per heavy atom. The van der Waals surface area contributed by atoms with Crippen molar-refractivity contribution in [2.45, 2.75) is 13.8 Å².